The summed E-state index contributed by atoms with van der Waals surface area (Å²) in [7, 11) is 0. The second-order valence-corrected chi connectivity index (χ2v) is 5.89. The first-order valence-corrected chi connectivity index (χ1v) is 7.92. The second-order valence-electron chi connectivity index (χ2n) is 4.57. The van der Waals surface area contributed by atoms with Gasteiger partial charge in [0.1, 0.15) is 0 Å². The fraction of sp³-hybridized carbons (Fsp3) is 0.438. The van der Waals surface area contributed by atoms with Crippen LogP contribution >= 0.6 is 11.8 Å². The molecule has 0 radical (unpaired) electrons. The molecular formula is C16H22N2OS. The highest BCUT2D eigenvalue weighted by molar-refractivity contribution is 7.99. The molecular weight excluding hydrogens is 268 g/mol. The van der Waals surface area contributed by atoms with Crippen molar-refractivity contribution in [2.24, 2.45) is 5.73 Å². The molecule has 20 heavy (non-hydrogen) atoms. The number of amides is 1. The highest BCUT2D eigenvalue weighted by atomic mass is 32.2. The van der Waals surface area contributed by atoms with E-state index in [9.17, 15) is 4.79 Å². The fourth-order valence-electron chi connectivity index (χ4n) is 1.74. The molecule has 1 amide bonds. The van der Waals surface area contributed by atoms with Crippen LogP contribution in [0.15, 0.2) is 18.2 Å². The summed E-state index contributed by atoms with van der Waals surface area (Å²) in [6.45, 7) is 6.39. The molecule has 0 bridgehead atoms. The molecule has 108 valence electrons. The van der Waals surface area contributed by atoms with Gasteiger partial charge in [0.05, 0.1) is 6.54 Å². The average Bonchev–Trinajstić information content (AvgIpc) is 2.44. The summed E-state index contributed by atoms with van der Waals surface area (Å²) in [4.78, 5) is 12.3. The third-order valence-electron chi connectivity index (χ3n) is 2.77. The molecule has 0 aliphatic heterocycles. The Hall–Kier alpha value is -1.44. The van der Waals surface area contributed by atoms with E-state index in [2.05, 4.69) is 24.1 Å². The predicted octanol–water partition coefficient (Wildman–Crippen LogP) is 2.18. The second kappa shape index (κ2) is 8.68. The first kappa shape index (κ1) is 16.6. The van der Waals surface area contributed by atoms with Gasteiger partial charge in [0.25, 0.3) is 5.91 Å². The zero-order valence-corrected chi connectivity index (χ0v) is 13.1. The number of nitrogens with two attached hydrogens (primary N) is 1. The lowest BCUT2D eigenvalue weighted by Gasteiger charge is -2.14. The number of hydrogen-bond donors (Lipinski definition) is 2. The van der Waals surface area contributed by atoms with Gasteiger partial charge in [-0.25, -0.2) is 0 Å². The Morgan fingerprint density at radius 3 is 2.90 bits per heavy atom. The van der Waals surface area contributed by atoms with E-state index in [1.54, 1.807) is 0 Å². The van der Waals surface area contributed by atoms with Gasteiger partial charge in [0.2, 0.25) is 0 Å². The Labute approximate surface area is 125 Å². The summed E-state index contributed by atoms with van der Waals surface area (Å²) in [6.07, 6.45) is 0. The third-order valence-corrected chi connectivity index (χ3v) is 3.91. The number of carbonyl (C=O) groups is 1. The van der Waals surface area contributed by atoms with Crippen LogP contribution in [-0.4, -0.2) is 30.0 Å². The van der Waals surface area contributed by atoms with Crippen molar-refractivity contribution < 1.29 is 4.79 Å². The van der Waals surface area contributed by atoms with Gasteiger partial charge >= 0.3 is 0 Å². The van der Waals surface area contributed by atoms with E-state index in [4.69, 9.17) is 5.73 Å². The third kappa shape index (κ3) is 5.28. The van der Waals surface area contributed by atoms with Crippen LogP contribution in [0.1, 0.15) is 35.3 Å². The lowest BCUT2D eigenvalue weighted by Crippen LogP contribution is -2.34. The van der Waals surface area contributed by atoms with Gasteiger partial charge in [0, 0.05) is 22.9 Å². The molecule has 0 aliphatic carbocycles. The smallest absolute Gasteiger partial charge is 0.251 e. The normalized spacial score (nSPS) is 11.4. The Kier molecular flexibility index (Phi) is 7.21. The van der Waals surface area contributed by atoms with Crippen LogP contribution in [0.5, 0.6) is 0 Å². The molecule has 4 heteroatoms. The van der Waals surface area contributed by atoms with Crippen molar-refractivity contribution in [1.82, 2.24) is 5.32 Å². The van der Waals surface area contributed by atoms with Crippen molar-refractivity contribution in [3.05, 3.63) is 34.9 Å². The Balaban J connectivity index is 2.81. The number of benzene rings is 1. The van der Waals surface area contributed by atoms with Crippen LogP contribution in [0.4, 0.5) is 0 Å². The van der Waals surface area contributed by atoms with Crippen LogP contribution in [0, 0.1) is 18.8 Å². The van der Waals surface area contributed by atoms with E-state index in [0.717, 1.165) is 22.6 Å². The van der Waals surface area contributed by atoms with Crippen molar-refractivity contribution in [2.45, 2.75) is 26.8 Å². The number of nitrogens with one attached hydrogen (secondary N) is 1. The van der Waals surface area contributed by atoms with Gasteiger partial charge in [-0.15, -0.1) is 0 Å². The minimum Gasteiger partial charge on any atom is -0.349 e. The fourth-order valence-corrected chi connectivity index (χ4v) is 2.41. The summed E-state index contributed by atoms with van der Waals surface area (Å²) in [5, 5.41) is 3.02. The van der Waals surface area contributed by atoms with Gasteiger partial charge in [-0.05, 0) is 37.3 Å². The Bertz CT molecular complexity index is 517. The first-order valence-electron chi connectivity index (χ1n) is 6.76. The van der Waals surface area contributed by atoms with Crippen LogP contribution in [0.25, 0.3) is 0 Å². The molecule has 0 fully saturated rings. The summed E-state index contributed by atoms with van der Waals surface area (Å²) >= 11 is 1.82. The zero-order valence-electron chi connectivity index (χ0n) is 12.3. The van der Waals surface area contributed by atoms with Crippen molar-refractivity contribution in [2.75, 3.05) is 18.1 Å². The number of thioether (sulfide) groups is 1. The molecule has 0 aromatic heterocycles. The van der Waals surface area contributed by atoms with E-state index in [-0.39, 0.29) is 11.9 Å². The molecule has 1 aromatic carbocycles. The molecule has 1 aromatic rings. The number of carbonyl (C=O) groups excluding carboxylic acids is 1. The molecule has 0 aliphatic rings. The van der Waals surface area contributed by atoms with Gasteiger partial charge in [0.15, 0.2) is 0 Å². The van der Waals surface area contributed by atoms with Crippen LogP contribution in [-0.2, 0) is 0 Å². The van der Waals surface area contributed by atoms with Crippen molar-refractivity contribution in [3.8, 4) is 11.8 Å². The molecule has 0 spiro atoms. The van der Waals surface area contributed by atoms with Gasteiger partial charge in [-0.2, -0.15) is 11.8 Å². The van der Waals surface area contributed by atoms with Crippen LogP contribution in [0.3, 0.4) is 0 Å². The quantitative estimate of drug-likeness (QED) is 0.817. The maximum atomic E-state index is 12.3. The monoisotopic (exact) mass is 290 g/mol. The van der Waals surface area contributed by atoms with E-state index < -0.39 is 0 Å². The van der Waals surface area contributed by atoms with Crippen molar-refractivity contribution >= 4 is 17.7 Å². The molecule has 0 saturated carbocycles. The largest absolute Gasteiger partial charge is 0.349 e. The lowest BCUT2D eigenvalue weighted by atomic mass is 10.0. The molecule has 1 unspecified atom stereocenters. The van der Waals surface area contributed by atoms with Gasteiger partial charge in [-0.3, -0.25) is 4.79 Å². The SMILES string of the molecule is CCSCC(C)NC(=O)c1cc(C#CCN)ccc1C. The van der Waals surface area contributed by atoms with E-state index >= 15 is 0 Å². The number of aryl methyl sites for hydroxylation is 1. The molecule has 0 heterocycles. The van der Waals surface area contributed by atoms with E-state index in [0.29, 0.717) is 12.1 Å². The van der Waals surface area contributed by atoms with Crippen LogP contribution < -0.4 is 11.1 Å². The van der Waals surface area contributed by atoms with Crippen LogP contribution in [0.2, 0.25) is 0 Å². The minimum absolute atomic E-state index is 0.0388. The first-order chi connectivity index (χ1) is 9.58. The molecule has 3 nitrogen and oxygen atoms in total. The maximum Gasteiger partial charge on any atom is 0.251 e. The standard InChI is InChI=1S/C16H22N2OS/c1-4-20-11-13(3)18-16(19)15-10-14(6-5-9-17)8-7-12(15)2/h7-8,10,13H,4,9,11,17H2,1-3H3,(H,18,19). The molecule has 1 rings (SSSR count). The Morgan fingerprint density at radius 1 is 1.50 bits per heavy atom. The molecule has 1 atom stereocenters. The van der Waals surface area contributed by atoms with Crippen molar-refractivity contribution in [3.63, 3.8) is 0 Å². The highest BCUT2D eigenvalue weighted by Crippen LogP contribution is 2.11. The number of rotatable bonds is 5. The average molecular weight is 290 g/mol. The summed E-state index contributed by atoms with van der Waals surface area (Å²) in [5.41, 5.74) is 7.82. The summed E-state index contributed by atoms with van der Waals surface area (Å²) in [6, 6.07) is 5.81. The minimum atomic E-state index is -0.0388. The summed E-state index contributed by atoms with van der Waals surface area (Å²) in [5.74, 6) is 7.70. The highest BCUT2D eigenvalue weighted by Gasteiger charge is 2.12. The van der Waals surface area contributed by atoms with Crippen molar-refractivity contribution in [1.29, 1.82) is 0 Å². The van der Waals surface area contributed by atoms with Gasteiger partial charge in [-0.1, -0.05) is 24.8 Å². The maximum absolute atomic E-state index is 12.3. The molecule has 3 N–H and O–H groups in total. The van der Waals surface area contributed by atoms with E-state index in [1.165, 1.54) is 0 Å². The van der Waals surface area contributed by atoms with E-state index in [1.807, 2.05) is 43.8 Å². The molecule has 0 saturated heterocycles. The lowest BCUT2D eigenvalue weighted by molar-refractivity contribution is 0.0943. The predicted molar refractivity (Wildman–Crippen MR) is 87.0 cm³/mol. The Morgan fingerprint density at radius 2 is 2.25 bits per heavy atom. The summed E-state index contributed by atoms with van der Waals surface area (Å²) < 4.78 is 0. The zero-order chi connectivity index (χ0) is 15.0. The van der Waals surface area contributed by atoms with Gasteiger partial charge < -0.3 is 11.1 Å². The number of hydrogen-bond acceptors (Lipinski definition) is 3. The topological polar surface area (TPSA) is 55.1 Å².